The highest BCUT2D eigenvalue weighted by Gasteiger charge is 2.31. The van der Waals surface area contributed by atoms with Crippen molar-refractivity contribution in [1.82, 2.24) is 25.5 Å². The van der Waals surface area contributed by atoms with Crippen LogP contribution < -0.4 is 15.4 Å². The molecule has 4 rings (SSSR count). The van der Waals surface area contributed by atoms with Gasteiger partial charge in [0.15, 0.2) is 12.4 Å². The second-order valence-electron chi connectivity index (χ2n) is 8.85. The van der Waals surface area contributed by atoms with Gasteiger partial charge in [0, 0.05) is 22.7 Å². The average molecular weight is 484 g/mol. The van der Waals surface area contributed by atoms with E-state index in [1.807, 2.05) is 20.8 Å². The molecule has 0 atom stereocenters. The van der Waals surface area contributed by atoms with Crippen LogP contribution in [0.4, 0.5) is 24.7 Å². The number of nitrogens with zero attached hydrogens (tertiary/aromatic N) is 3. The third-order valence-corrected chi connectivity index (χ3v) is 4.76. The van der Waals surface area contributed by atoms with Gasteiger partial charge in [-0.25, -0.2) is 9.97 Å². The van der Waals surface area contributed by atoms with Crippen molar-refractivity contribution in [3.05, 3.63) is 60.4 Å². The first-order chi connectivity index (χ1) is 16.5. The Bertz CT molecular complexity index is 1350. The number of hydrogen-bond donors (Lipinski definition) is 3. The number of carbonyl (C=O) groups excluding carboxylic acids is 1. The normalized spacial score (nSPS) is 11.9. The third-order valence-electron chi connectivity index (χ3n) is 4.76. The zero-order valence-corrected chi connectivity index (χ0v) is 19.2. The molecule has 0 saturated heterocycles. The molecule has 0 aliphatic rings. The van der Waals surface area contributed by atoms with E-state index in [1.165, 1.54) is 12.3 Å². The molecule has 2 aromatic heterocycles. The molecule has 11 heteroatoms. The number of aromatic nitrogens is 4. The van der Waals surface area contributed by atoms with E-state index in [2.05, 4.69) is 30.8 Å². The number of aromatic amines is 1. The molecule has 2 heterocycles. The summed E-state index contributed by atoms with van der Waals surface area (Å²) in [5.41, 5.74) is 0.225. The molecule has 0 bridgehead atoms. The van der Waals surface area contributed by atoms with Crippen molar-refractivity contribution in [3.63, 3.8) is 0 Å². The van der Waals surface area contributed by atoms with E-state index >= 15 is 0 Å². The molecule has 8 nitrogen and oxygen atoms in total. The Morgan fingerprint density at radius 2 is 1.89 bits per heavy atom. The highest BCUT2D eigenvalue weighted by molar-refractivity contribution is 5.92. The highest BCUT2D eigenvalue weighted by atomic mass is 19.4. The molecule has 3 N–H and O–H groups in total. The maximum atomic E-state index is 13.3. The van der Waals surface area contributed by atoms with Crippen LogP contribution in [0.15, 0.2) is 54.9 Å². The van der Waals surface area contributed by atoms with Gasteiger partial charge in [0.25, 0.3) is 5.91 Å². The zero-order valence-electron chi connectivity index (χ0n) is 19.2. The molecule has 0 fully saturated rings. The number of rotatable bonds is 6. The van der Waals surface area contributed by atoms with Crippen LogP contribution in [0.5, 0.6) is 5.75 Å². The summed E-state index contributed by atoms with van der Waals surface area (Å²) in [5, 5.41) is 12.5. The van der Waals surface area contributed by atoms with Crippen molar-refractivity contribution in [1.29, 1.82) is 0 Å². The smallest absolute Gasteiger partial charge is 0.416 e. The summed E-state index contributed by atoms with van der Waals surface area (Å²) in [6, 6.07) is 10.1. The van der Waals surface area contributed by atoms with Gasteiger partial charge in [0.05, 0.1) is 23.0 Å². The molecule has 0 aliphatic heterocycles. The van der Waals surface area contributed by atoms with Crippen molar-refractivity contribution in [2.75, 3.05) is 11.9 Å². The minimum Gasteiger partial charge on any atom is -0.484 e. The summed E-state index contributed by atoms with van der Waals surface area (Å²) in [4.78, 5) is 21.0. The summed E-state index contributed by atoms with van der Waals surface area (Å²) in [7, 11) is 0. The molecule has 0 radical (unpaired) electrons. The number of fused-ring (bicyclic) bond motifs is 1. The highest BCUT2D eigenvalue weighted by Crippen LogP contribution is 2.34. The van der Waals surface area contributed by atoms with Crippen molar-refractivity contribution >= 4 is 28.3 Å². The van der Waals surface area contributed by atoms with E-state index in [9.17, 15) is 18.0 Å². The van der Waals surface area contributed by atoms with Crippen molar-refractivity contribution in [2.24, 2.45) is 0 Å². The van der Waals surface area contributed by atoms with Gasteiger partial charge in [-0.2, -0.15) is 18.3 Å². The van der Waals surface area contributed by atoms with Crippen LogP contribution in [0.2, 0.25) is 0 Å². The van der Waals surface area contributed by atoms with E-state index in [-0.39, 0.29) is 35.1 Å². The fraction of sp³-hybridized carbons (Fsp3) is 0.250. The number of alkyl halides is 3. The number of nitrogens with one attached hydrogen (secondary N) is 3. The number of benzene rings is 2. The molecule has 35 heavy (non-hydrogen) atoms. The lowest BCUT2D eigenvalue weighted by molar-refractivity contribution is -0.137. The molecule has 182 valence electrons. The van der Waals surface area contributed by atoms with Gasteiger partial charge in [0.2, 0.25) is 0 Å². The van der Waals surface area contributed by atoms with Gasteiger partial charge in [-0.1, -0.05) is 12.1 Å². The number of H-pyrrole nitrogens is 1. The summed E-state index contributed by atoms with van der Waals surface area (Å²) >= 11 is 0. The molecular weight excluding hydrogens is 461 g/mol. The number of halogens is 3. The fourth-order valence-electron chi connectivity index (χ4n) is 3.31. The van der Waals surface area contributed by atoms with E-state index in [1.54, 1.807) is 30.5 Å². The van der Waals surface area contributed by atoms with Crippen LogP contribution in [0.1, 0.15) is 26.3 Å². The maximum absolute atomic E-state index is 13.3. The lowest BCUT2D eigenvalue weighted by atomic mass is 10.1. The van der Waals surface area contributed by atoms with Crippen LogP contribution in [-0.4, -0.2) is 38.2 Å². The fourth-order valence-corrected chi connectivity index (χ4v) is 3.31. The monoisotopic (exact) mass is 484 g/mol. The van der Waals surface area contributed by atoms with Gasteiger partial charge in [0.1, 0.15) is 11.6 Å². The Labute approximate surface area is 198 Å². The van der Waals surface area contributed by atoms with Crippen LogP contribution >= 0.6 is 0 Å². The summed E-state index contributed by atoms with van der Waals surface area (Å²) in [6.45, 7) is 5.44. The molecule has 0 spiro atoms. The third kappa shape index (κ3) is 6.05. The van der Waals surface area contributed by atoms with Crippen molar-refractivity contribution in [3.8, 4) is 17.1 Å². The number of carbonyl (C=O) groups is 1. The van der Waals surface area contributed by atoms with Gasteiger partial charge in [-0.05, 0) is 51.1 Å². The largest absolute Gasteiger partial charge is 0.484 e. The van der Waals surface area contributed by atoms with Crippen molar-refractivity contribution < 1.29 is 22.7 Å². The Morgan fingerprint density at radius 3 is 2.57 bits per heavy atom. The average Bonchev–Trinajstić information content (AvgIpc) is 3.29. The van der Waals surface area contributed by atoms with E-state index in [0.29, 0.717) is 22.5 Å². The predicted octanol–water partition coefficient (Wildman–Crippen LogP) is 5.08. The van der Waals surface area contributed by atoms with Gasteiger partial charge >= 0.3 is 6.18 Å². The van der Waals surface area contributed by atoms with Gasteiger partial charge < -0.3 is 15.4 Å². The van der Waals surface area contributed by atoms with E-state index < -0.39 is 11.7 Å². The predicted molar refractivity (Wildman–Crippen MR) is 125 cm³/mol. The second kappa shape index (κ2) is 9.24. The lowest BCUT2D eigenvalue weighted by Crippen LogP contribution is -2.43. The number of anilines is 2. The Kier molecular flexibility index (Phi) is 6.33. The molecule has 0 saturated carbocycles. The van der Waals surface area contributed by atoms with Crippen LogP contribution in [0, 0.1) is 0 Å². The first kappa shape index (κ1) is 24.0. The van der Waals surface area contributed by atoms with E-state index in [4.69, 9.17) is 4.74 Å². The second-order valence-corrected chi connectivity index (χ2v) is 8.85. The Balaban J connectivity index is 1.69. The SMILES string of the molecule is CC(C)(C)NC(=O)COc1cccc(-c2nc(Nc3cn[nH]c3)c3cc(C(F)(F)F)ccc3n2)c1. The Hall–Kier alpha value is -4.15. The molecule has 0 unspecified atom stereocenters. The van der Waals surface area contributed by atoms with Crippen molar-refractivity contribution in [2.45, 2.75) is 32.5 Å². The molecule has 1 amide bonds. The summed E-state index contributed by atoms with van der Waals surface area (Å²) in [6.07, 6.45) is -1.47. The minimum atomic E-state index is -4.51. The number of ether oxygens (including phenoxy) is 1. The standard InChI is InChI=1S/C24H23F3N6O2/c1-23(2,3)33-20(34)13-35-17-6-4-5-14(9-17)21-31-19-8-7-15(24(25,26)27)10-18(19)22(32-21)30-16-11-28-29-12-16/h4-12H,13H2,1-3H3,(H,28,29)(H,33,34)(H,30,31,32). The van der Waals surface area contributed by atoms with E-state index in [0.717, 1.165) is 12.1 Å². The van der Waals surface area contributed by atoms with Gasteiger partial charge in [-0.3, -0.25) is 9.89 Å². The Morgan fingerprint density at radius 1 is 1.09 bits per heavy atom. The minimum absolute atomic E-state index is 0.174. The number of amides is 1. The zero-order chi connectivity index (χ0) is 25.2. The number of hydrogen-bond acceptors (Lipinski definition) is 6. The topological polar surface area (TPSA) is 105 Å². The maximum Gasteiger partial charge on any atom is 0.416 e. The molecule has 4 aromatic rings. The van der Waals surface area contributed by atoms with Crippen LogP contribution in [0.3, 0.4) is 0 Å². The van der Waals surface area contributed by atoms with Gasteiger partial charge in [-0.15, -0.1) is 0 Å². The quantitative estimate of drug-likeness (QED) is 0.353. The summed E-state index contributed by atoms with van der Waals surface area (Å²) in [5.74, 6) is 0.616. The molecular formula is C24H23F3N6O2. The lowest BCUT2D eigenvalue weighted by Gasteiger charge is -2.20. The molecule has 2 aromatic carbocycles. The summed E-state index contributed by atoms with van der Waals surface area (Å²) < 4.78 is 45.6. The molecule has 0 aliphatic carbocycles. The first-order valence-corrected chi connectivity index (χ1v) is 10.7. The first-order valence-electron chi connectivity index (χ1n) is 10.7. The van der Waals surface area contributed by atoms with Crippen LogP contribution in [-0.2, 0) is 11.0 Å². The van der Waals surface area contributed by atoms with Crippen LogP contribution in [0.25, 0.3) is 22.3 Å².